The molecule has 35 heavy (non-hydrogen) atoms. The maximum atomic E-state index is 13.1. The van der Waals surface area contributed by atoms with Gasteiger partial charge in [0.15, 0.2) is 0 Å². The molecule has 2 aliphatic rings. The van der Waals surface area contributed by atoms with Gasteiger partial charge in [0, 0.05) is 24.4 Å². The molecule has 1 aromatic heterocycles. The van der Waals surface area contributed by atoms with Crippen LogP contribution in [0.3, 0.4) is 0 Å². The Hall–Kier alpha value is -3.19. The minimum Gasteiger partial charge on any atom is -0.486 e. The average Bonchev–Trinajstić information content (AvgIpc) is 3.62. The van der Waals surface area contributed by atoms with Gasteiger partial charge in [0.2, 0.25) is 5.91 Å². The van der Waals surface area contributed by atoms with Crippen molar-refractivity contribution in [3.05, 3.63) is 81.3 Å². The van der Waals surface area contributed by atoms with E-state index in [-0.39, 0.29) is 23.8 Å². The lowest BCUT2D eigenvalue weighted by molar-refractivity contribution is -0.134. The number of thiazole rings is 1. The first-order valence-corrected chi connectivity index (χ1v) is 13.2. The number of amides is 2. The van der Waals surface area contributed by atoms with Gasteiger partial charge in [0.05, 0.1) is 6.04 Å². The van der Waals surface area contributed by atoms with Crippen LogP contribution in [-0.4, -0.2) is 34.8 Å². The molecule has 1 atom stereocenters. The SMILES string of the molecule is CC(C)CNC(=O)c1csc(COc2ccc3c(c2)C(c2ccccc2)N(C(=O)C2CC2)CC3)n1. The van der Waals surface area contributed by atoms with E-state index in [1.54, 1.807) is 5.38 Å². The molecule has 1 fully saturated rings. The Bertz CT molecular complexity index is 1200. The van der Waals surface area contributed by atoms with Crippen LogP contribution in [0, 0.1) is 11.8 Å². The van der Waals surface area contributed by atoms with E-state index in [1.165, 1.54) is 16.9 Å². The van der Waals surface area contributed by atoms with Gasteiger partial charge in [0.1, 0.15) is 23.1 Å². The first-order valence-electron chi connectivity index (χ1n) is 12.3. The highest BCUT2D eigenvalue weighted by molar-refractivity contribution is 7.09. The lowest BCUT2D eigenvalue weighted by atomic mass is 9.87. The Morgan fingerprint density at radius 2 is 1.97 bits per heavy atom. The molecule has 1 unspecified atom stereocenters. The van der Waals surface area contributed by atoms with Crippen LogP contribution in [0.25, 0.3) is 0 Å². The zero-order chi connectivity index (χ0) is 24.4. The van der Waals surface area contributed by atoms with Gasteiger partial charge in [-0.2, -0.15) is 0 Å². The van der Waals surface area contributed by atoms with Crippen molar-refractivity contribution in [2.75, 3.05) is 13.1 Å². The summed E-state index contributed by atoms with van der Waals surface area (Å²) in [4.78, 5) is 31.9. The maximum absolute atomic E-state index is 13.1. The largest absolute Gasteiger partial charge is 0.486 e. The lowest BCUT2D eigenvalue weighted by Gasteiger charge is -2.38. The van der Waals surface area contributed by atoms with Gasteiger partial charge < -0.3 is 15.0 Å². The molecule has 6 nitrogen and oxygen atoms in total. The summed E-state index contributed by atoms with van der Waals surface area (Å²) >= 11 is 1.42. The lowest BCUT2D eigenvalue weighted by Crippen LogP contribution is -2.41. The summed E-state index contributed by atoms with van der Waals surface area (Å²) in [6.07, 6.45) is 2.84. The van der Waals surface area contributed by atoms with Crippen molar-refractivity contribution in [2.45, 2.75) is 45.8 Å². The summed E-state index contributed by atoms with van der Waals surface area (Å²) in [7, 11) is 0. The number of nitrogens with zero attached hydrogens (tertiary/aromatic N) is 2. The van der Waals surface area contributed by atoms with E-state index < -0.39 is 0 Å². The van der Waals surface area contributed by atoms with E-state index in [2.05, 4.69) is 53.3 Å². The third kappa shape index (κ3) is 5.40. The van der Waals surface area contributed by atoms with Crippen molar-refractivity contribution in [2.24, 2.45) is 11.8 Å². The zero-order valence-electron chi connectivity index (χ0n) is 20.2. The molecular weight excluding hydrogens is 458 g/mol. The maximum Gasteiger partial charge on any atom is 0.270 e. The van der Waals surface area contributed by atoms with Crippen molar-refractivity contribution in [1.82, 2.24) is 15.2 Å². The molecule has 182 valence electrons. The number of carbonyl (C=O) groups is 2. The number of aromatic nitrogens is 1. The van der Waals surface area contributed by atoms with Crippen molar-refractivity contribution >= 4 is 23.2 Å². The number of benzene rings is 2. The molecule has 5 rings (SSSR count). The molecule has 1 N–H and O–H groups in total. The van der Waals surface area contributed by atoms with Crippen LogP contribution < -0.4 is 10.1 Å². The molecule has 1 aliphatic carbocycles. The van der Waals surface area contributed by atoms with E-state index in [0.29, 0.717) is 24.8 Å². The van der Waals surface area contributed by atoms with Gasteiger partial charge >= 0.3 is 0 Å². The Balaban J connectivity index is 1.34. The number of rotatable bonds is 8. The fraction of sp³-hybridized carbons (Fsp3) is 0.393. The molecule has 3 aromatic rings. The molecule has 0 spiro atoms. The Morgan fingerprint density at radius 1 is 1.17 bits per heavy atom. The van der Waals surface area contributed by atoms with E-state index >= 15 is 0 Å². The van der Waals surface area contributed by atoms with Crippen LogP contribution >= 0.6 is 11.3 Å². The van der Waals surface area contributed by atoms with E-state index in [4.69, 9.17) is 4.74 Å². The van der Waals surface area contributed by atoms with Gasteiger partial charge in [-0.05, 0) is 54.0 Å². The van der Waals surface area contributed by atoms with Gasteiger partial charge in [-0.15, -0.1) is 11.3 Å². The number of hydrogen-bond acceptors (Lipinski definition) is 5. The quantitative estimate of drug-likeness (QED) is 0.484. The summed E-state index contributed by atoms with van der Waals surface area (Å²) in [5.74, 6) is 1.42. The van der Waals surface area contributed by atoms with Gasteiger partial charge in [-0.3, -0.25) is 9.59 Å². The molecule has 2 aromatic carbocycles. The number of nitrogens with one attached hydrogen (secondary N) is 1. The zero-order valence-corrected chi connectivity index (χ0v) is 21.0. The monoisotopic (exact) mass is 489 g/mol. The first kappa shape index (κ1) is 23.5. The van der Waals surface area contributed by atoms with Crippen LogP contribution in [0.5, 0.6) is 5.75 Å². The Kier molecular flexibility index (Phi) is 6.86. The number of hydrogen-bond donors (Lipinski definition) is 1. The highest BCUT2D eigenvalue weighted by atomic mass is 32.1. The molecule has 1 saturated carbocycles. The number of fused-ring (bicyclic) bond motifs is 1. The second-order valence-corrected chi connectivity index (χ2v) is 10.7. The summed E-state index contributed by atoms with van der Waals surface area (Å²) in [5.41, 5.74) is 3.93. The normalized spacial score (nSPS) is 17.2. The molecule has 2 amide bonds. The van der Waals surface area contributed by atoms with Crippen LogP contribution in [0.4, 0.5) is 0 Å². The highest BCUT2D eigenvalue weighted by Gasteiger charge is 2.39. The van der Waals surface area contributed by atoms with Crippen molar-refractivity contribution < 1.29 is 14.3 Å². The Labute approximate surface area is 210 Å². The number of ether oxygens (including phenoxy) is 1. The standard InChI is InChI=1S/C28H31N3O3S/c1-18(2)15-29-27(32)24-17-35-25(30-24)16-34-22-11-10-19-12-13-31(28(33)21-8-9-21)26(23(19)14-22)20-6-4-3-5-7-20/h3-7,10-11,14,17-18,21,26H,8-9,12-13,15-16H2,1-2H3,(H,29,32). The van der Waals surface area contributed by atoms with Crippen molar-refractivity contribution in [1.29, 1.82) is 0 Å². The van der Waals surface area contributed by atoms with Crippen LogP contribution in [0.1, 0.15) is 64.9 Å². The molecule has 2 heterocycles. The molecule has 1 aliphatic heterocycles. The third-order valence-electron chi connectivity index (χ3n) is 6.49. The number of carbonyl (C=O) groups excluding carboxylic acids is 2. The summed E-state index contributed by atoms with van der Waals surface area (Å²) in [6, 6.07) is 16.3. The van der Waals surface area contributed by atoms with Gasteiger partial charge in [-0.25, -0.2) is 4.98 Å². The van der Waals surface area contributed by atoms with Gasteiger partial charge in [-0.1, -0.05) is 50.2 Å². The second kappa shape index (κ2) is 10.2. The summed E-state index contributed by atoms with van der Waals surface area (Å²) in [6.45, 7) is 5.77. The van der Waals surface area contributed by atoms with E-state index in [1.807, 2.05) is 24.3 Å². The molecule has 0 bridgehead atoms. The van der Waals surface area contributed by atoms with E-state index in [0.717, 1.165) is 47.7 Å². The van der Waals surface area contributed by atoms with Crippen molar-refractivity contribution in [3.63, 3.8) is 0 Å². The third-order valence-corrected chi connectivity index (χ3v) is 7.31. The highest BCUT2D eigenvalue weighted by Crippen LogP contribution is 2.41. The van der Waals surface area contributed by atoms with Crippen LogP contribution in [0.15, 0.2) is 53.9 Å². The molecule has 0 radical (unpaired) electrons. The average molecular weight is 490 g/mol. The van der Waals surface area contributed by atoms with Crippen molar-refractivity contribution in [3.8, 4) is 5.75 Å². The smallest absolute Gasteiger partial charge is 0.270 e. The first-order chi connectivity index (χ1) is 17.0. The predicted molar refractivity (Wildman–Crippen MR) is 136 cm³/mol. The summed E-state index contributed by atoms with van der Waals surface area (Å²) < 4.78 is 6.10. The second-order valence-electron chi connectivity index (χ2n) is 9.75. The minimum atomic E-state index is -0.152. The fourth-order valence-corrected chi connectivity index (χ4v) is 5.18. The molecular formula is C28H31N3O3S. The van der Waals surface area contributed by atoms with Gasteiger partial charge in [0.25, 0.3) is 5.91 Å². The van der Waals surface area contributed by atoms with Crippen LogP contribution in [-0.2, 0) is 17.8 Å². The minimum absolute atomic E-state index is 0.104. The van der Waals surface area contributed by atoms with E-state index in [9.17, 15) is 9.59 Å². The Morgan fingerprint density at radius 3 is 2.71 bits per heavy atom. The molecule has 7 heteroatoms. The molecule has 0 saturated heterocycles. The topological polar surface area (TPSA) is 71.5 Å². The van der Waals surface area contributed by atoms with Crippen LogP contribution in [0.2, 0.25) is 0 Å². The summed E-state index contributed by atoms with van der Waals surface area (Å²) in [5, 5.41) is 5.42. The predicted octanol–water partition coefficient (Wildman–Crippen LogP) is 4.99. The fourth-order valence-electron chi connectivity index (χ4n) is 4.49.